The van der Waals surface area contributed by atoms with E-state index in [1.54, 1.807) is 11.1 Å². The Hall–Kier alpha value is -0.120. The summed E-state index contributed by atoms with van der Waals surface area (Å²) in [5.41, 5.74) is 11.1. The molecule has 19 heavy (non-hydrogen) atoms. The molecule has 104 valence electrons. The van der Waals surface area contributed by atoms with Crippen LogP contribution in [0.2, 0.25) is 0 Å². The Kier molecular flexibility index (Phi) is 4.45. The molecule has 0 bridgehead atoms. The third-order valence-electron chi connectivity index (χ3n) is 4.29. The highest BCUT2D eigenvalue weighted by molar-refractivity contribution is 8.07. The van der Waals surface area contributed by atoms with Gasteiger partial charge in [0.1, 0.15) is 0 Å². The van der Waals surface area contributed by atoms with Gasteiger partial charge in [0, 0.05) is 28.0 Å². The third kappa shape index (κ3) is 3.14. The monoisotopic (exact) mass is 293 g/mol. The standard InChI is InChI=1S/C16H23NS2/c1-11-16(19-8-7-18-11)15(17)10-12-5-6-13-3-2-4-14(13)9-12/h5-6,9,11,15-16H,2-4,7-8,10,17H2,1H3. The van der Waals surface area contributed by atoms with Crippen molar-refractivity contribution in [2.24, 2.45) is 5.73 Å². The van der Waals surface area contributed by atoms with Crippen molar-refractivity contribution in [2.75, 3.05) is 11.5 Å². The molecule has 1 nitrogen and oxygen atoms in total. The zero-order valence-corrected chi connectivity index (χ0v) is 13.2. The Bertz CT molecular complexity index is 446. The van der Waals surface area contributed by atoms with E-state index >= 15 is 0 Å². The summed E-state index contributed by atoms with van der Waals surface area (Å²) in [7, 11) is 0. The van der Waals surface area contributed by atoms with Gasteiger partial charge in [-0.1, -0.05) is 25.1 Å². The van der Waals surface area contributed by atoms with Crippen LogP contribution in [-0.4, -0.2) is 28.0 Å². The van der Waals surface area contributed by atoms with Crippen LogP contribution >= 0.6 is 23.5 Å². The molecule has 3 atom stereocenters. The molecule has 3 unspecified atom stereocenters. The summed E-state index contributed by atoms with van der Waals surface area (Å²) in [6.07, 6.45) is 4.91. The summed E-state index contributed by atoms with van der Waals surface area (Å²) >= 11 is 4.16. The number of thioether (sulfide) groups is 2. The minimum absolute atomic E-state index is 0.298. The van der Waals surface area contributed by atoms with Crippen LogP contribution in [0.1, 0.15) is 30.0 Å². The Morgan fingerprint density at radius 2 is 2.00 bits per heavy atom. The predicted molar refractivity (Wildman–Crippen MR) is 88.3 cm³/mol. The van der Waals surface area contributed by atoms with Gasteiger partial charge in [0.05, 0.1) is 0 Å². The molecule has 1 aromatic rings. The molecule has 2 N–H and O–H groups in total. The lowest BCUT2D eigenvalue weighted by atomic mass is 9.99. The first-order valence-electron chi connectivity index (χ1n) is 7.33. The Morgan fingerprint density at radius 3 is 2.84 bits per heavy atom. The van der Waals surface area contributed by atoms with E-state index in [1.165, 1.54) is 36.3 Å². The fourth-order valence-electron chi connectivity index (χ4n) is 3.26. The zero-order valence-electron chi connectivity index (χ0n) is 11.6. The van der Waals surface area contributed by atoms with Crippen LogP contribution in [0.5, 0.6) is 0 Å². The summed E-state index contributed by atoms with van der Waals surface area (Å²) in [6.45, 7) is 2.34. The van der Waals surface area contributed by atoms with E-state index in [2.05, 4.69) is 48.6 Å². The lowest BCUT2D eigenvalue weighted by Crippen LogP contribution is -2.42. The average molecular weight is 294 g/mol. The highest BCUT2D eigenvalue weighted by Crippen LogP contribution is 2.33. The van der Waals surface area contributed by atoms with Crippen LogP contribution in [0.3, 0.4) is 0 Å². The van der Waals surface area contributed by atoms with Crippen molar-refractivity contribution in [3.05, 3.63) is 34.9 Å². The van der Waals surface area contributed by atoms with E-state index in [-0.39, 0.29) is 0 Å². The first kappa shape index (κ1) is 13.8. The molecule has 1 aliphatic carbocycles. The van der Waals surface area contributed by atoms with Gasteiger partial charge in [0.2, 0.25) is 0 Å². The number of fused-ring (bicyclic) bond motifs is 1. The van der Waals surface area contributed by atoms with Gasteiger partial charge in [-0.15, -0.1) is 0 Å². The molecule has 0 saturated carbocycles. The highest BCUT2D eigenvalue weighted by atomic mass is 32.2. The first-order valence-corrected chi connectivity index (χ1v) is 9.43. The second-order valence-corrected chi connectivity index (χ2v) is 8.51. The molecule has 1 aromatic carbocycles. The van der Waals surface area contributed by atoms with Crippen LogP contribution in [-0.2, 0) is 19.3 Å². The van der Waals surface area contributed by atoms with Crippen molar-refractivity contribution in [1.29, 1.82) is 0 Å². The van der Waals surface area contributed by atoms with E-state index in [4.69, 9.17) is 5.73 Å². The average Bonchev–Trinajstić information content (AvgIpc) is 2.86. The van der Waals surface area contributed by atoms with Crippen LogP contribution in [0.4, 0.5) is 0 Å². The maximum atomic E-state index is 6.48. The van der Waals surface area contributed by atoms with Gasteiger partial charge in [-0.2, -0.15) is 23.5 Å². The molecule has 1 fully saturated rings. The largest absolute Gasteiger partial charge is 0.326 e. The molecular formula is C16H23NS2. The normalized spacial score (nSPS) is 28.1. The maximum Gasteiger partial charge on any atom is 0.0318 e. The van der Waals surface area contributed by atoms with E-state index < -0.39 is 0 Å². The summed E-state index contributed by atoms with van der Waals surface area (Å²) in [4.78, 5) is 0. The molecule has 1 heterocycles. The van der Waals surface area contributed by atoms with Crippen molar-refractivity contribution in [2.45, 2.75) is 49.1 Å². The smallest absolute Gasteiger partial charge is 0.0318 e. The summed E-state index contributed by atoms with van der Waals surface area (Å²) < 4.78 is 0. The molecule has 1 aliphatic heterocycles. The Balaban J connectivity index is 1.67. The van der Waals surface area contributed by atoms with Crippen molar-refractivity contribution in [3.63, 3.8) is 0 Å². The fourth-order valence-corrected chi connectivity index (χ4v) is 6.15. The van der Waals surface area contributed by atoms with Gasteiger partial charge < -0.3 is 5.73 Å². The molecule has 2 aliphatic rings. The van der Waals surface area contributed by atoms with Crippen molar-refractivity contribution < 1.29 is 0 Å². The van der Waals surface area contributed by atoms with Gasteiger partial charge >= 0.3 is 0 Å². The van der Waals surface area contributed by atoms with E-state index in [0.29, 0.717) is 16.5 Å². The summed E-state index contributed by atoms with van der Waals surface area (Å²) in [5.74, 6) is 2.55. The van der Waals surface area contributed by atoms with E-state index in [0.717, 1.165) is 6.42 Å². The molecule has 1 saturated heterocycles. The van der Waals surface area contributed by atoms with Gasteiger partial charge in [-0.3, -0.25) is 0 Å². The minimum Gasteiger partial charge on any atom is -0.326 e. The minimum atomic E-state index is 0.298. The van der Waals surface area contributed by atoms with Gasteiger partial charge in [0.25, 0.3) is 0 Å². The molecule has 0 radical (unpaired) electrons. The topological polar surface area (TPSA) is 26.0 Å². The number of benzene rings is 1. The van der Waals surface area contributed by atoms with E-state index in [9.17, 15) is 0 Å². The van der Waals surface area contributed by atoms with Crippen LogP contribution in [0.25, 0.3) is 0 Å². The SMILES string of the molecule is CC1SCCSC1C(N)Cc1ccc2c(c1)CCC2. The number of rotatable bonds is 3. The van der Waals surface area contributed by atoms with Crippen molar-refractivity contribution in [3.8, 4) is 0 Å². The molecular weight excluding hydrogens is 270 g/mol. The Morgan fingerprint density at radius 1 is 1.21 bits per heavy atom. The third-order valence-corrected chi connectivity index (χ3v) is 7.57. The molecule has 3 rings (SSSR count). The van der Waals surface area contributed by atoms with Gasteiger partial charge in [0.15, 0.2) is 0 Å². The lowest BCUT2D eigenvalue weighted by molar-refractivity contribution is 0.622. The quantitative estimate of drug-likeness (QED) is 0.926. The first-order chi connectivity index (χ1) is 9.24. The van der Waals surface area contributed by atoms with Crippen LogP contribution in [0, 0.1) is 0 Å². The Labute approximate surface area is 125 Å². The fraction of sp³-hybridized carbons (Fsp3) is 0.625. The molecule has 0 amide bonds. The van der Waals surface area contributed by atoms with Gasteiger partial charge in [-0.05, 0) is 42.4 Å². The van der Waals surface area contributed by atoms with Crippen LogP contribution in [0.15, 0.2) is 18.2 Å². The highest BCUT2D eigenvalue weighted by Gasteiger charge is 2.28. The number of hydrogen-bond acceptors (Lipinski definition) is 3. The van der Waals surface area contributed by atoms with Crippen LogP contribution < -0.4 is 5.73 Å². The predicted octanol–water partition coefficient (Wildman–Crippen LogP) is 3.28. The van der Waals surface area contributed by atoms with Crippen molar-refractivity contribution >= 4 is 23.5 Å². The zero-order chi connectivity index (χ0) is 13.2. The molecule has 0 aromatic heterocycles. The molecule has 3 heteroatoms. The second kappa shape index (κ2) is 6.11. The molecule has 0 spiro atoms. The van der Waals surface area contributed by atoms with Gasteiger partial charge in [-0.25, -0.2) is 0 Å². The van der Waals surface area contributed by atoms with Crippen molar-refractivity contribution in [1.82, 2.24) is 0 Å². The van der Waals surface area contributed by atoms with E-state index in [1.807, 2.05) is 0 Å². The lowest BCUT2D eigenvalue weighted by Gasteiger charge is -2.32. The number of nitrogens with two attached hydrogens (primary N) is 1. The summed E-state index contributed by atoms with van der Waals surface area (Å²) in [5, 5.41) is 1.31. The number of aryl methyl sites for hydroxylation is 2. The second-order valence-electron chi connectivity index (χ2n) is 5.74. The maximum absolute atomic E-state index is 6.48. The summed E-state index contributed by atoms with van der Waals surface area (Å²) in [6, 6.07) is 7.34. The number of hydrogen-bond donors (Lipinski definition) is 1.